The number of carbonyl (C=O) groups is 1. The third-order valence-electron chi connectivity index (χ3n) is 4.24. The number of aromatic nitrogens is 2. The minimum Gasteiger partial charge on any atom is -0.351 e. The average molecular weight is 330 g/mol. The highest BCUT2D eigenvalue weighted by Crippen LogP contribution is 2.24. The Hall–Kier alpha value is -3.34. The van der Waals surface area contributed by atoms with E-state index in [2.05, 4.69) is 15.6 Å². The van der Waals surface area contributed by atoms with Crippen molar-refractivity contribution in [3.05, 3.63) is 66.5 Å². The van der Waals surface area contributed by atoms with Crippen LogP contribution in [0.25, 0.3) is 21.8 Å². The Labute approximate surface area is 145 Å². The van der Waals surface area contributed by atoms with Crippen LogP contribution in [0.5, 0.6) is 0 Å². The zero-order valence-electron chi connectivity index (χ0n) is 14.1. The number of nitrogens with one attached hydrogen (secondary N) is 2. The van der Waals surface area contributed by atoms with Crippen LogP contribution in [0.1, 0.15) is 5.69 Å². The van der Waals surface area contributed by atoms with Crippen molar-refractivity contribution in [1.82, 2.24) is 9.55 Å². The first-order valence-corrected chi connectivity index (χ1v) is 8.10. The predicted octanol–water partition coefficient (Wildman–Crippen LogP) is 4.68. The molecule has 0 aliphatic rings. The Morgan fingerprint density at radius 3 is 2.76 bits per heavy atom. The van der Waals surface area contributed by atoms with Crippen molar-refractivity contribution < 1.29 is 4.79 Å². The molecule has 2 heterocycles. The zero-order valence-corrected chi connectivity index (χ0v) is 14.1. The van der Waals surface area contributed by atoms with Crippen LogP contribution in [-0.2, 0) is 7.05 Å². The molecular formula is C20H18N4O. The Morgan fingerprint density at radius 1 is 1.04 bits per heavy atom. The summed E-state index contributed by atoms with van der Waals surface area (Å²) in [5, 5.41) is 7.84. The van der Waals surface area contributed by atoms with Gasteiger partial charge in [0.2, 0.25) is 0 Å². The molecule has 0 saturated heterocycles. The number of fused-ring (bicyclic) bond motifs is 2. The lowest BCUT2D eigenvalue weighted by Gasteiger charge is -2.11. The van der Waals surface area contributed by atoms with Crippen LogP contribution in [-0.4, -0.2) is 15.6 Å². The lowest BCUT2D eigenvalue weighted by atomic mass is 10.1. The number of hydrogen-bond acceptors (Lipinski definition) is 2. The number of para-hydroxylation sites is 1. The maximum atomic E-state index is 12.4. The van der Waals surface area contributed by atoms with Gasteiger partial charge in [-0.25, -0.2) is 4.79 Å². The molecule has 0 aliphatic heterocycles. The summed E-state index contributed by atoms with van der Waals surface area (Å²) in [6.45, 7) is 1.92. The van der Waals surface area contributed by atoms with Gasteiger partial charge in [-0.3, -0.25) is 4.98 Å². The minimum absolute atomic E-state index is 0.272. The number of hydrogen-bond donors (Lipinski definition) is 2. The summed E-state index contributed by atoms with van der Waals surface area (Å²) in [6.07, 6.45) is 2.00. The first-order valence-electron chi connectivity index (χ1n) is 8.10. The highest BCUT2D eigenvalue weighted by molar-refractivity contribution is 6.06. The molecule has 5 nitrogen and oxygen atoms in total. The van der Waals surface area contributed by atoms with E-state index in [4.69, 9.17) is 0 Å². The van der Waals surface area contributed by atoms with Crippen molar-refractivity contribution in [2.45, 2.75) is 6.92 Å². The zero-order chi connectivity index (χ0) is 17.4. The van der Waals surface area contributed by atoms with Crippen LogP contribution in [0, 0.1) is 6.92 Å². The topological polar surface area (TPSA) is 59.0 Å². The van der Waals surface area contributed by atoms with Gasteiger partial charge in [-0.05, 0) is 43.3 Å². The molecule has 4 aromatic rings. The van der Waals surface area contributed by atoms with E-state index in [0.29, 0.717) is 0 Å². The molecule has 0 saturated carbocycles. The molecule has 0 atom stereocenters. The molecule has 2 amide bonds. The minimum atomic E-state index is -0.272. The fraction of sp³-hybridized carbons (Fsp3) is 0.100. The molecule has 0 fully saturated rings. The van der Waals surface area contributed by atoms with Gasteiger partial charge in [-0.2, -0.15) is 0 Å². The highest BCUT2D eigenvalue weighted by atomic mass is 16.2. The van der Waals surface area contributed by atoms with Crippen molar-refractivity contribution in [2.75, 3.05) is 10.6 Å². The van der Waals surface area contributed by atoms with Crippen molar-refractivity contribution in [2.24, 2.45) is 7.05 Å². The van der Waals surface area contributed by atoms with Gasteiger partial charge in [0, 0.05) is 40.9 Å². The predicted molar refractivity (Wildman–Crippen MR) is 102 cm³/mol. The van der Waals surface area contributed by atoms with Gasteiger partial charge in [0.25, 0.3) is 0 Å². The summed E-state index contributed by atoms with van der Waals surface area (Å²) in [4.78, 5) is 16.9. The van der Waals surface area contributed by atoms with E-state index in [1.165, 1.54) is 0 Å². The maximum Gasteiger partial charge on any atom is 0.323 e. The second-order valence-electron chi connectivity index (χ2n) is 6.11. The third-order valence-corrected chi connectivity index (χ3v) is 4.24. The normalized spacial score (nSPS) is 11.0. The smallest absolute Gasteiger partial charge is 0.323 e. The quantitative estimate of drug-likeness (QED) is 0.561. The summed E-state index contributed by atoms with van der Waals surface area (Å²) in [5.41, 5.74) is 4.36. The van der Waals surface area contributed by atoms with E-state index >= 15 is 0 Å². The van der Waals surface area contributed by atoms with Gasteiger partial charge in [-0.1, -0.05) is 18.2 Å². The number of rotatable bonds is 2. The van der Waals surface area contributed by atoms with E-state index in [-0.39, 0.29) is 6.03 Å². The lowest BCUT2D eigenvalue weighted by molar-refractivity contribution is 0.262. The number of pyridine rings is 1. The number of aryl methyl sites for hydroxylation is 2. The molecule has 25 heavy (non-hydrogen) atoms. The SMILES string of the molecule is Cc1cc(NC(=O)Nc2ccc3c(ccn3C)c2)c2ccccc2n1. The van der Waals surface area contributed by atoms with Crippen LogP contribution in [0.4, 0.5) is 16.2 Å². The standard InChI is InChI=1S/C20H18N4O/c1-13-11-18(16-5-3-4-6-17(16)21-13)23-20(25)22-15-7-8-19-14(12-15)9-10-24(19)2/h3-12H,1-2H3,(H2,21,22,23,25). The summed E-state index contributed by atoms with van der Waals surface area (Å²) in [7, 11) is 2.00. The molecule has 4 rings (SSSR count). The molecule has 0 unspecified atom stereocenters. The number of benzene rings is 2. The van der Waals surface area contributed by atoms with Gasteiger partial charge in [0.15, 0.2) is 0 Å². The molecule has 2 N–H and O–H groups in total. The Kier molecular flexibility index (Phi) is 3.61. The summed E-state index contributed by atoms with van der Waals surface area (Å²) in [6, 6.07) is 17.3. The second kappa shape index (κ2) is 5.94. The first kappa shape index (κ1) is 15.2. The van der Waals surface area contributed by atoms with E-state index < -0.39 is 0 Å². The average Bonchev–Trinajstić information content (AvgIpc) is 2.95. The molecule has 5 heteroatoms. The first-order chi connectivity index (χ1) is 12.1. The molecule has 2 aromatic heterocycles. The van der Waals surface area contributed by atoms with E-state index in [1.807, 2.05) is 79.3 Å². The fourth-order valence-electron chi connectivity index (χ4n) is 3.06. The summed E-state index contributed by atoms with van der Waals surface area (Å²) >= 11 is 0. The number of amides is 2. The van der Waals surface area contributed by atoms with Crippen LogP contribution in [0.2, 0.25) is 0 Å². The summed E-state index contributed by atoms with van der Waals surface area (Å²) < 4.78 is 2.05. The van der Waals surface area contributed by atoms with E-state index in [9.17, 15) is 4.79 Å². The number of urea groups is 1. The van der Waals surface area contributed by atoms with Crippen molar-refractivity contribution in [3.63, 3.8) is 0 Å². The highest BCUT2D eigenvalue weighted by Gasteiger charge is 2.08. The molecule has 2 aromatic carbocycles. The maximum absolute atomic E-state index is 12.4. The van der Waals surface area contributed by atoms with Gasteiger partial charge >= 0.3 is 6.03 Å². The largest absolute Gasteiger partial charge is 0.351 e. The number of nitrogens with zero attached hydrogens (tertiary/aromatic N) is 2. The monoisotopic (exact) mass is 330 g/mol. The fourth-order valence-corrected chi connectivity index (χ4v) is 3.06. The lowest BCUT2D eigenvalue weighted by Crippen LogP contribution is -2.19. The van der Waals surface area contributed by atoms with Gasteiger partial charge in [0.05, 0.1) is 11.2 Å². The molecule has 0 spiro atoms. The van der Waals surface area contributed by atoms with Crippen molar-refractivity contribution in [3.8, 4) is 0 Å². The van der Waals surface area contributed by atoms with Crippen LogP contribution < -0.4 is 10.6 Å². The van der Waals surface area contributed by atoms with Gasteiger partial charge in [-0.15, -0.1) is 0 Å². The Morgan fingerprint density at radius 2 is 1.88 bits per heavy atom. The van der Waals surface area contributed by atoms with Crippen LogP contribution in [0.3, 0.4) is 0 Å². The Bertz CT molecular complexity index is 1100. The molecule has 0 radical (unpaired) electrons. The van der Waals surface area contributed by atoms with Crippen LogP contribution in [0.15, 0.2) is 60.8 Å². The van der Waals surface area contributed by atoms with Gasteiger partial charge < -0.3 is 15.2 Å². The van der Waals surface area contributed by atoms with Crippen molar-refractivity contribution >= 4 is 39.2 Å². The molecule has 124 valence electrons. The molecule has 0 aliphatic carbocycles. The summed E-state index contributed by atoms with van der Waals surface area (Å²) in [5.74, 6) is 0. The Balaban J connectivity index is 1.59. The van der Waals surface area contributed by atoms with E-state index in [1.54, 1.807) is 0 Å². The third kappa shape index (κ3) is 2.92. The second-order valence-corrected chi connectivity index (χ2v) is 6.11. The molecule has 0 bridgehead atoms. The van der Waals surface area contributed by atoms with Crippen molar-refractivity contribution in [1.29, 1.82) is 0 Å². The van der Waals surface area contributed by atoms with Crippen LogP contribution >= 0.6 is 0 Å². The number of carbonyl (C=O) groups excluding carboxylic acids is 1. The van der Waals surface area contributed by atoms with E-state index in [0.717, 1.165) is 38.9 Å². The van der Waals surface area contributed by atoms with Gasteiger partial charge in [0.1, 0.15) is 0 Å². The number of anilines is 2. The molecular weight excluding hydrogens is 312 g/mol.